The Morgan fingerprint density at radius 3 is 2.26 bits per heavy atom. The summed E-state index contributed by atoms with van der Waals surface area (Å²) in [6, 6.07) is 0. The van der Waals surface area contributed by atoms with Gasteiger partial charge in [-0.25, -0.2) is 23.2 Å². The minimum absolute atomic E-state index is 0.0376. The van der Waals surface area contributed by atoms with Crippen molar-refractivity contribution in [2.45, 2.75) is 49.1 Å². The summed E-state index contributed by atoms with van der Waals surface area (Å²) in [4.78, 5) is 46.8. The van der Waals surface area contributed by atoms with E-state index in [1.165, 1.54) is 0 Å². The van der Waals surface area contributed by atoms with Crippen LogP contribution in [0.15, 0.2) is 12.7 Å². The minimum atomic E-state index is -5.39. The van der Waals surface area contributed by atoms with Gasteiger partial charge in [-0.05, 0) is 0 Å². The van der Waals surface area contributed by atoms with Gasteiger partial charge in [-0.2, -0.15) is 4.31 Å². The standard InChI is InChI=1S/C15H22N5O16P3/c16-12-7-13-18-4-19(12)14-10(23)8(21)5(33-14)1-31-38(27,28)36-39(29,30)32-2-6-9(22)11(35-37(24,25)26)15(34-6)20(13)3-17-7/h3-6,8-11,14-16,21-23H,1-2H2,(H4,24,25,26,27,28,29,30)/p+1/t5-,6-,8-,9-,10-,11-,14-,15-/m1/s1. The van der Waals surface area contributed by atoms with Gasteiger partial charge < -0.3 is 50.1 Å². The van der Waals surface area contributed by atoms with Gasteiger partial charge >= 0.3 is 23.5 Å². The van der Waals surface area contributed by atoms with Crippen LogP contribution < -0.4 is 10.3 Å². The molecule has 4 aliphatic heterocycles. The highest BCUT2D eigenvalue weighted by Crippen LogP contribution is 2.61. The maximum atomic E-state index is 12.3. The maximum Gasteiger partial charge on any atom is 0.481 e. The number of hydrogen-bond donors (Lipinski definition) is 8. The molecule has 2 saturated heterocycles. The Balaban J connectivity index is 1.60. The number of aromatic nitrogens is 4. The van der Waals surface area contributed by atoms with Crippen LogP contribution in [-0.4, -0.2) is 99.3 Å². The minimum Gasteiger partial charge on any atom is -0.387 e. The molecule has 2 aromatic heterocycles. The summed E-state index contributed by atoms with van der Waals surface area (Å²) in [7, 11) is -16.0. The van der Waals surface area contributed by atoms with Crippen molar-refractivity contribution in [3.8, 4) is 0 Å². The summed E-state index contributed by atoms with van der Waals surface area (Å²) in [5.41, 5.74) is 6.11. The summed E-state index contributed by atoms with van der Waals surface area (Å²) in [5.74, 6) is -0.166. The predicted octanol–water partition coefficient (Wildman–Crippen LogP) is -3.08. The molecular weight excluding hydrogens is 599 g/mol. The smallest absolute Gasteiger partial charge is 0.387 e. The fourth-order valence-corrected chi connectivity index (χ4v) is 6.95. The Hall–Kier alpha value is -1.48. The van der Waals surface area contributed by atoms with E-state index in [1.807, 2.05) is 0 Å². The van der Waals surface area contributed by atoms with E-state index in [9.17, 15) is 48.6 Å². The topological polar surface area (TPSA) is 309 Å². The molecule has 4 aliphatic rings. The predicted molar refractivity (Wildman–Crippen MR) is 118 cm³/mol. The Kier molecular flexibility index (Phi) is 7.52. The molecule has 2 fully saturated rings. The number of hydrogen-bond acceptors (Lipinski definition) is 15. The summed E-state index contributed by atoms with van der Waals surface area (Å²) in [6.07, 6.45) is -11.0. The van der Waals surface area contributed by atoms with Gasteiger partial charge in [0.25, 0.3) is 5.82 Å². The van der Waals surface area contributed by atoms with E-state index in [-0.39, 0.29) is 17.0 Å². The van der Waals surface area contributed by atoms with Crippen molar-refractivity contribution >= 4 is 40.4 Å². The third-order valence-corrected chi connectivity index (χ3v) is 9.18. The van der Waals surface area contributed by atoms with Gasteiger partial charge in [-0.15, -0.1) is 0 Å². The molecule has 24 heteroatoms. The zero-order valence-electron chi connectivity index (χ0n) is 19.2. The van der Waals surface area contributed by atoms with Crippen molar-refractivity contribution in [3.05, 3.63) is 12.7 Å². The third-order valence-electron chi connectivity index (χ3n) is 6.06. The lowest BCUT2D eigenvalue weighted by Crippen LogP contribution is -2.48. The highest BCUT2D eigenvalue weighted by molar-refractivity contribution is 7.61. The van der Waals surface area contributed by atoms with Crippen molar-refractivity contribution < 1.29 is 80.5 Å². The van der Waals surface area contributed by atoms with E-state index in [4.69, 9.17) is 19.7 Å². The Morgan fingerprint density at radius 2 is 1.64 bits per heavy atom. The molecule has 8 bridgehead atoms. The van der Waals surface area contributed by atoms with Gasteiger partial charge in [-0.3, -0.25) is 18.1 Å². The number of ether oxygens (including phenoxy) is 2. The van der Waals surface area contributed by atoms with Gasteiger partial charge in [0.15, 0.2) is 11.7 Å². The van der Waals surface area contributed by atoms with Crippen LogP contribution in [0.1, 0.15) is 12.5 Å². The number of fused-ring (bicyclic) bond motifs is 7. The van der Waals surface area contributed by atoms with Gasteiger partial charge in [0, 0.05) is 0 Å². The molecular formula is C15H23N5O16P3+. The fraction of sp³-hybridized carbons (Fsp3) is 0.667. The molecule has 6 rings (SSSR count). The molecule has 0 aliphatic carbocycles. The Morgan fingerprint density at radius 1 is 1.03 bits per heavy atom. The van der Waals surface area contributed by atoms with Crippen molar-refractivity contribution in [1.29, 1.82) is 0 Å². The van der Waals surface area contributed by atoms with E-state index in [0.717, 1.165) is 21.8 Å². The highest BCUT2D eigenvalue weighted by atomic mass is 31.3. The van der Waals surface area contributed by atoms with E-state index in [2.05, 4.69) is 23.3 Å². The average molecular weight is 622 g/mol. The van der Waals surface area contributed by atoms with Crippen molar-refractivity contribution in [2.24, 2.45) is 0 Å². The van der Waals surface area contributed by atoms with Crippen molar-refractivity contribution in [3.63, 3.8) is 0 Å². The maximum absolute atomic E-state index is 12.3. The average Bonchev–Trinajstić information content (AvgIpc) is 3.46. The van der Waals surface area contributed by atoms with Crippen LogP contribution in [0.4, 0.5) is 5.82 Å². The summed E-state index contributed by atoms with van der Waals surface area (Å²) in [6.45, 7) is -1.91. The van der Waals surface area contributed by atoms with Crippen molar-refractivity contribution in [2.75, 3.05) is 18.9 Å². The number of nitrogens with zero attached hydrogens (tertiary/aromatic N) is 4. The molecule has 39 heavy (non-hydrogen) atoms. The molecule has 9 N–H and O–H groups in total. The number of phosphoric acid groups is 3. The second kappa shape index (κ2) is 10.1. The first kappa shape index (κ1) is 29.0. The number of phosphoric ester groups is 3. The molecule has 10 atom stereocenters. The van der Waals surface area contributed by atoms with E-state index >= 15 is 0 Å². The molecule has 2 unspecified atom stereocenters. The highest BCUT2D eigenvalue weighted by Gasteiger charge is 2.52. The number of nitrogens with two attached hydrogens (primary N) is 1. The van der Waals surface area contributed by atoms with Crippen LogP contribution in [-0.2, 0) is 41.1 Å². The molecule has 6 heterocycles. The third kappa shape index (κ3) is 5.68. The van der Waals surface area contributed by atoms with Crippen molar-refractivity contribution in [1.82, 2.24) is 14.5 Å². The lowest BCUT2D eigenvalue weighted by molar-refractivity contribution is -0.755. The molecule has 0 saturated carbocycles. The summed E-state index contributed by atoms with van der Waals surface area (Å²) < 4.78 is 67.6. The number of nitrogen functional groups attached to an aromatic ring is 1. The number of aliphatic hydroxyl groups excluding tert-OH is 3. The second-order valence-corrected chi connectivity index (χ2v) is 12.9. The first-order valence-electron chi connectivity index (χ1n) is 10.8. The summed E-state index contributed by atoms with van der Waals surface area (Å²) >= 11 is 0. The number of aliphatic hydroxyl groups is 3. The van der Waals surface area contributed by atoms with Gasteiger partial charge in [0.05, 0.1) is 13.2 Å². The Bertz CT molecular complexity index is 1400. The normalized spacial score (nSPS) is 41.7. The zero-order valence-corrected chi connectivity index (χ0v) is 21.9. The number of imidazole rings is 1. The molecule has 2 aromatic rings. The zero-order chi connectivity index (χ0) is 28.5. The lowest BCUT2D eigenvalue weighted by Gasteiger charge is -2.21. The van der Waals surface area contributed by atoms with Gasteiger partial charge in [0.2, 0.25) is 18.2 Å². The van der Waals surface area contributed by atoms with E-state index in [0.29, 0.717) is 0 Å². The van der Waals surface area contributed by atoms with E-state index < -0.39 is 85.8 Å². The first-order chi connectivity index (χ1) is 18.1. The van der Waals surface area contributed by atoms with Crippen LogP contribution in [0, 0.1) is 0 Å². The molecule has 0 spiro atoms. The molecule has 0 radical (unpaired) electrons. The molecule has 0 aromatic carbocycles. The number of anilines is 1. The van der Waals surface area contributed by atoms with Crippen LogP contribution in [0.2, 0.25) is 0 Å². The van der Waals surface area contributed by atoms with E-state index in [1.54, 1.807) is 0 Å². The fourth-order valence-electron chi connectivity index (χ4n) is 4.31. The molecule has 21 nitrogen and oxygen atoms in total. The largest absolute Gasteiger partial charge is 0.481 e. The molecule has 218 valence electrons. The van der Waals surface area contributed by atoms with Gasteiger partial charge in [0.1, 0.15) is 43.0 Å². The Labute approximate surface area is 216 Å². The van der Waals surface area contributed by atoms with Crippen LogP contribution >= 0.6 is 23.5 Å². The first-order valence-corrected chi connectivity index (χ1v) is 15.4. The molecule has 0 amide bonds. The second-order valence-electron chi connectivity index (χ2n) is 8.63. The van der Waals surface area contributed by atoms with Gasteiger partial charge in [-0.1, -0.05) is 4.98 Å². The van der Waals surface area contributed by atoms with Crippen LogP contribution in [0.3, 0.4) is 0 Å². The lowest BCUT2D eigenvalue weighted by atomic mass is 10.1. The summed E-state index contributed by atoms with van der Waals surface area (Å²) in [5, 5.41) is 31.6. The SMILES string of the molecule is Nc1c2ncn3c2nc[n+]1[C@@H]1O[C@H](COP(=O)(O)OP(=O)(O)OC[C@H]2O[C@@H]3[C@H](OP(=O)(O)O)[C@@H]2O)[C@@H](O)[C@H]1O. The van der Waals surface area contributed by atoms with Crippen LogP contribution in [0.5, 0.6) is 0 Å². The quantitative estimate of drug-likeness (QED) is 0.122. The monoisotopic (exact) mass is 622 g/mol. The van der Waals surface area contributed by atoms with Crippen LogP contribution in [0.25, 0.3) is 11.2 Å². The number of rotatable bonds is 2.